The van der Waals surface area contributed by atoms with Crippen molar-refractivity contribution < 1.29 is 19.4 Å². The molecule has 0 radical (unpaired) electrons. The molecule has 1 aromatic carbocycles. The third-order valence-electron chi connectivity index (χ3n) is 1.91. The van der Waals surface area contributed by atoms with Crippen molar-refractivity contribution in [2.75, 3.05) is 0 Å². The number of benzene rings is 1. The molecule has 0 bridgehead atoms. The molecule has 0 fully saturated rings. The molecule has 6 heteroatoms. The van der Waals surface area contributed by atoms with Gasteiger partial charge >= 0.3 is 11.9 Å². The fraction of sp³-hybridized carbons (Fsp3) is 0.429. The second-order valence-electron chi connectivity index (χ2n) is 4.62. The van der Waals surface area contributed by atoms with E-state index in [0.29, 0.717) is 0 Å². The lowest BCUT2D eigenvalue weighted by molar-refractivity contribution is 0.00659. The summed E-state index contributed by atoms with van der Waals surface area (Å²) in [5.74, 6) is -2.02. The van der Waals surface area contributed by atoms with Crippen LogP contribution in [0.15, 0.2) is 12.1 Å². The van der Waals surface area contributed by atoms with E-state index in [1.54, 1.807) is 20.8 Å². The lowest BCUT2D eigenvalue weighted by Crippen LogP contribution is -2.25. The normalized spacial score (nSPS) is 10.3. The van der Waals surface area contributed by atoms with E-state index in [1.165, 1.54) is 6.07 Å². The van der Waals surface area contributed by atoms with E-state index < -0.39 is 17.5 Å². The molecule has 0 unspecified atom stereocenters. The summed E-state index contributed by atoms with van der Waals surface area (Å²) < 4.78 is 5.11. The van der Waals surface area contributed by atoms with Crippen molar-refractivity contribution in [1.29, 1.82) is 0 Å². The van der Waals surface area contributed by atoms with E-state index in [4.69, 9.17) is 33.0 Å². The summed E-state index contributed by atoms with van der Waals surface area (Å²) in [6.45, 7) is 9.05. The Morgan fingerprint density at radius 2 is 1.45 bits per heavy atom. The molecule has 0 aliphatic carbocycles. The summed E-state index contributed by atoms with van der Waals surface area (Å²) in [6.07, 6.45) is 0. The van der Waals surface area contributed by atoms with Crippen molar-refractivity contribution >= 4 is 35.1 Å². The van der Waals surface area contributed by atoms with Gasteiger partial charge in [-0.15, -0.1) is 0 Å². The van der Waals surface area contributed by atoms with Gasteiger partial charge in [0, 0.05) is 0 Å². The summed E-state index contributed by atoms with van der Waals surface area (Å²) in [5.41, 5.74) is -1.08. The van der Waals surface area contributed by atoms with Gasteiger partial charge in [0.1, 0.15) is 5.60 Å². The van der Waals surface area contributed by atoms with Crippen LogP contribution in [0.5, 0.6) is 0 Å². The zero-order valence-electron chi connectivity index (χ0n) is 12.1. The SMILES string of the molecule is CC.CC(C)(C)OC(=O)c1cc(Cl)c(Cl)cc1C(=O)O. The molecule has 0 atom stereocenters. The van der Waals surface area contributed by atoms with Crippen molar-refractivity contribution in [1.82, 2.24) is 0 Å². The minimum atomic E-state index is -1.27. The van der Waals surface area contributed by atoms with E-state index in [0.717, 1.165) is 6.07 Å². The Balaban J connectivity index is 0.00000172. The molecule has 0 aliphatic heterocycles. The molecule has 0 amide bonds. The van der Waals surface area contributed by atoms with Crippen LogP contribution in [0.3, 0.4) is 0 Å². The van der Waals surface area contributed by atoms with Crippen molar-refractivity contribution in [3.8, 4) is 0 Å². The zero-order valence-corrected chi connectivity index (χ0v) is 13.6. The first-order valence-corrected chi connectivity index (χ1v) is 6.83. The second-order valence-corrected chi connectivity index (χ2v) is 5.43. The predicted octanol–water partition coefficient (Wildman–Crippen LogP) is 4.67. The molecular weight excluding hydrogens is 303 g/mol. The van der Waals surface area contributed by atoms with Crippen molar-refractivity contribution in [3.05, 3.63) is 33.3 Å². The molecule has 20 heavy (non-hydrogen) atoms. The van der Waals surface area contributed by atoms with E-state index in [1.807, 2.05) is 13.8 Å². The molecule has 0 heterocycles. The maximum absolute atomic E-state index is 11.9. The number of ether oxygens (including phenoxy) is 1. The molecule has 0 saturated heterocycles. The first-order valence-electron chi connectivity index (χ1n) is 6.07. The van der Waals surface area contributed by atoms with E-state index in [2.05, 4.69) is 0 Å². The highest BCUT2D eigenvalue weighted by Crippen LogP contribution is 2.27. The first-order chi connectivity index (χ1) is 9.11. The number of rotatable bonds is 2. The van der Waals surface area contributed by atoms with Gasteiger partial charge in [0.25, 0.3) is 0 Å². The van der Waals surface area contributed by atoms with Gasteiger partial charge in [-0.2, -0.15) is 0 Å². The van der Waals surface area contributed by atoms with Crippen molar-refractivity contribution in [2.24, 2.45) is 0 Å². The van der Waals surface area contributed by atoms with Crippen LogP contribution >= 0.6 is 23.2 Å². The van der Waals surface area contributed by atoms with Gasteiger partial charge in [-0.25, -0.2) is 9.59 Å². The quantitative estimate of drug-likeness (QED) is 0.804. The van der Waals surface area contributed by atoms with Crippen molar-refractivity contribution in [2.45, 2.75) is 40.2 Å². The number of halogens is 2. The molecule has 0 aromatic heterocycles. The number of aromatic carboxylic acids is 1. The molecular formula is C14H18Cl2O4. The van der Waals surface area contributed by atoms with Crippen LogP contribution in [-0.2, 0) is 4.74 Å². The molecule has 0 saturated carbocycles. The van der Waals surface area contributed by atoms with Gasteiger partial charge in [-0.1, -0.05) is 37.0 Å². The molecule has 1 N–H and O–H groups in total. The van der Waals surface area contributed by atoms with Gasteiger partial charge in [0.2, 0.25) is 0 Å². The molecule has 0 aliphatic rings. The zero-order chi connectivity index (χ0) is 16.1. The average molecular weight is 321 g/mol. The minimum Gasteiger partial charge on any atom is -0.478 e. The Labute approximate surface area is 128 Å². The maximum Gasteiger partial charge on any atom is 0.339 e. The lowest BCUT2D eigenvalue weighted by atomic mass is 10.1. The van der Waals surface area contributed by atoms with Crippen molar-refractivity contribution in [3.63, 3.8) is 0 Å². The molecule has 112 valence electrons. The van der Waals surface area contributed by atoms with Crippen LogP contribution < -0.4 is 0 Å². The summed E-state index contributed by atoms with van der Waals surface area (Å²) in [7, 11) is 0. The number of hydrogen-bond donors (Lipinski definition) is 1. The van der Waals surface area contributed by atoms with E-state index >= 15 is 0 Å². The highest BCUT2D eigenvalue weighted by molar-refractivity contribution is 6.42. The maximum atomic E-state index is 11.9. The third kappa shape index (κ3) is 5.39. The first kappa shape index (κ1) is 18.7. The van der Waals surface area contributed by atoms with E-state index in [-0.39, 0.29) is 21.2 Å². The molecule has 1 rings (SSSR count). The Kier molecular flexibility index (Phi) is 7.03. The summed E-state index contributed by atoms with van der Waals surface area (Å²) >= 11 is 11.5. The number of carbonyl (C=O) groups is 2. The summed E-state index contributed by atoms with van der Waals surface area (Å²) in [6, 6.07) is 2.33. The van der Waals surface area contributed by atoms with Gasteiger partial charge < -0.3 is 9.84 Å². The monoisotopic (exact) mass is 320 g/mol. The topological polar surface area (TPSA) is 63.6 Å². The van der Waals surface area contributed by atoms with Crippen LogP contribution in [0.25, 0.3) is 0 Å². The van der Waals surface area contributed by atoms with Gasteiger partial charge in [-0.3, -0.25) is 0 Å². The fourth-order valence-corrected chi connectivity index (χ4v) is 1.55. The van der Waals surface area contributed by atoms with Crippen LogP contribution in [-0.4, -0.2) is 22.6 Å². The number of carboxylic acid groups (broad SMARTS) is 1. The van der Waals surface area contributed by atoms with Crippen LogP contribution in [0.4, 0.5) is 0 Å². The summed E-state index contributed by atoms with van der Waals surface area (Å²) in [4.78, 5) is 22.9. The van der Waals surface area contributed by atoms with E-state index in [9.17, 15) is 9.59 Å². The highest BCUT2D eigenvalue weighted by Gasteiger charge is 2.24. The van der Waals surface area contributed by atoms with Crippen LogP contribution in [0.1, 0.15) is 55.3 Å². The van der Waals surface area contributed by atoms with Gasteiger partial charge in [0.05, 0.1) is 21.2 Å². The standard InChI is InChI=1S/C12H12Cl2O4.C2H6/c1-12(2,3)18-11(17)7-5-9(14)8(13)4-6(7)10(15)16;1-2/h4-5H,1-3H3,(H,15,16);1-2H3. The Morgan fingerprint density at radius 1 is 1.05 bits per heavy atom. The minimum absolute atomic E-state index is 0.0707. The largest absolute Gasteiger partial charge is 0.478 e. The number of esters is 1. The lowest BCUT2D eigenvalue weighted by Gasteiger charge is -2.20. The second kappa shape index (κ2) is 7.50. The number of carbonyl (C=O) groups excluding carboxylic acids is 1. The van der Waals surface area contributed by atoms with Gasteiger partial charge in [0.15, 0.2) is 0 Å². The molecule has 4 nitrogen and oxygen atoms in total. The van der Waals surface area contributed by atoms with Gasteiger partial charge in [-0.05, 0) is 32.9 Å². The van der Waals surface area contributed by atoms with Crippen LogP contribution in [0, 0.1) is 0 Å². The Morgan fingerprint density at radius 3 is 1.80 bits per heavy atom. The Bertz CT molecular complexity index is 505. The molecule has 1 aromatic rings. The molecule has 0 spiro atoms. The predicted molar refractivity (Wildman–Crippen MR) is 79.9 cm³/mol. The number of hydrogen-bond acceptors (Lipinski definition) is 3. The number of carboxylic acids is 1. The third-order valence-corrected chi connectivity index (χ3v) is 2.63. The smallest absolute Gasteiger partial charge is 0.339 e. The Hall–Kier alpha value is -1.26. The highest BCUT2D eigenvalue weighted by atomic mass is 35.5. The fourth-order valence-electron chi connectivity index (χ4n) is 1.23. The van der Waals surface area contributed by atoms with Crippen LogP contribution in [0.2, 0.25) is 10.0 Å². The average Bonchev–Trinajstić information content (AvgIpc) is 2.32. The summed E-state index contributed by atoms with van der Waals surface area (Å²) in [5, 5.41) is 9.19.